The van der Waals surface area contributed by atoms with Crippen LogP contribution < -0.4 is 0 Å². The molecular weight excluding hydrogens is 266 g/mol. The first-order chi connectivity index (χ1) is 10.3. The van der Waals surface area contributed by atoms with Gasteiger partial charge in [-0.05, 0) is 37.5 Å². The average Bonchev–Trinajstić information content (AvgIpc) is 2.91. The predicted octanol–water partition coefficient (Wildman–Crippen LogP) is 2.31. The van der Waals surface area contributed by atoms with Crippen LogP contribution in [0.15, 0.2) is 24.4 Å². The van der Waals surface area contributed by atoms with Gasteiger partial charge in [-0.25, -0.2) is 0 Å². The molecule has 112 valence electrons. The highest BCUT2D eigenvalue weighted by molar-refractivity contribution is 5.97. The van der Waals surface area contributed by atoms with E-state index in [2.05, 4.69) is 4.98 Å². The Kier molecular flexibility index (Phi) is 4.20. The number of amides is 1. The third kappa shape index (κ3) is 2.78. The van der Waals surface area contributed by atoms with E-state index >= 15 is 0 Å². The number of rotatable bonds is 4. The second-order valence-corrected chi connectivity index (χ2v) is 5.43. The zero-order chi connectivity index (χ0) is 14.7. The molecule has 1 saturated heterocycles. The minimum absolute atomic E-state index is 0.115. The van der Waals surface area contributed by atoms with E-state index < -0.39 is 0 Å². The molecule has 21 heavy (non-hydrogen) atoms. The molecule has 1 amide bonds. The zero-order valence-corrected chi connectivity index (χ0v) is 12.4. The molecule has 1 aliphatic rings. The van der Waals surface area contributed by atoms with E-state index in [1.807, 2.05) is 27.7 Å². The molecule has 0 bridgehead atoms. The molecule has 0 aromatic carbocycles. The lowest BCUT2D eigenvalue weighted by Gasteiger charge is -2.27. The van der Waals surface area contributed by atoms with Gasteiger partial charge in [0.15, 0.2) is 0 Å². The summed E-state index contributed by atoms with van der Waals surface area (Å²) >= 11 is 0. The van der Waals surface area contributed by atoms with Crippen molar-refractivity contribution in [2.75, 3.05) is 26.8 Å². The highest BCUT2D eigenvalue weighted by atomic mass is 16.5. The number of hydrogen-bond donors (Lipinski definition) is 0. The van der Waals surface area contributed by atoms with Gasteiger partial charge in [0.2, 0.25) is 0 Å². The summed E-state index contributed by atoms with van der Waals surface area (Å²) < 4.78 is 7.21. The highest BCUT2D eigenvalue weighted by Gasteiger charge is 2.22. The van der Waals surface area contributed by atoms with Crippen LogP contribution in [0.2, 0.25) is 0 Å². The molecule has 5 heteroatoms. The summed E-state index contributed by atoms with van der Waals surface area (Å²) in [6, 6.07) is 5.81. The molecule has 0 aliphatic carbocycles. The minimum Gasteiger partial charge on any atom is -0.383 e. The number of nitrogens with zero attached hydrogens (tertiary/aromatic N) is 3. The fourth-order valence-corrected chi connectivity index (χ4v) is 2.95. The van der Waals surface area contributed by atoms with E-state index in [-0.39, 0.29) is 5.91 Å². The van der Waals surface area contributed by atoms with Gasteiger partial charge in [-0.2, -0.15) is 0 Å². The highest BCUT2D eigenvalue weighted by Crippen LogP contribution is 2.21. The third-order valence-corrected chi connectivity index (χ3v) is 4.05. The largest absolute Gasteiger partial charge is 0.383 e. The zero-order valence-electron chi connectivity index (χ0n) is 12.4. The maximum absolute atomic E-state index is 12.8. The van der Waals surface area contributed by atoms with Crippen molar-refractivity contribution in [1.82, 2.24) is 14.5 Å². The number of ether oxygens (including phenoxy) is 1. The Morgan fingerprint density at radius 3 is 2.90 bits per heavy atom. The summed E-state index contributed by atoms with van der Waals surface area (Å²) in [5, 5.41) is 0. The summed E-state index contributed by atoms with van der Waals surface area (Å²) in [7, 11) is 1.68. The quantitative estimate of drug-likeness (QED) is 0.867. The van der Waals surface area contributed by atoms with Crippen LogP contribution in [0, 0.1) is 0 Å². The predicted molar refractivity (Wildman–Crippen MR) is 81.4 cm³/mol. The third-order valence-electron chi connectivity index (χ3n) is 4.05. The lowest BCUT2D eigenvalue weighted by Crippen LogP contribution is -2.36. The van der Waals surface area contributed by atoms with Crippen LogP contribution in [0.25, 0.3) is 11.0 Å². The van der Waals surface area contributed by atoms with E-state index in [4.69, 9.17) is 4.74 Å². The Labute approximate surface area is 124 Å². The minimum atomic E-state index is 0.115. The maximum atomic E-state index is 12.8. The maximum Gasteiger partial charge on any atom is 0.270 e. The molecule has 0 N–H and O–H groups in total. The van der Waals surface area contributed by atoms with Gasteiger partial charge in [0.05, 0.1) is 17.6 Å². The summed E-state index contributed by atoms with van der Waals surface area (Å²) in [4.78, 5) is 19.1. The Morgan fingerprint density at radius 1 is 1.33 bits per heavy atom. The molecule has 1 aliphatic heterocycles. The average molecular weight is 287 g/mol. The number of aromatic nitrogens is 2. The molecular formula is C16H21N3O2. The number of carbonyl (C=O) groups excluding carboxylic acids is 1. The van der Waals surface area contributed by atoms with Gasteiger partial charge < -0.3 is 14.2 Å². The van der Waals surface area contributed by atoms with Crippen molar-refractivity contribution >= 4 is 16.9 Å². The van der Waals surface area contributed by atoms with Crippen molar-refractivity contribution in [3.63, 3.8) is 0 Å². The SMILES string of the molecule is COCCn1c(C(=O)N2CCCCC2)cc2ncccc21. The Balaban J connectivity index is 1.97. The first-order valence-electron chi connectivity index (χ1n) is 7.54. The number of pyridine rings is 1. The summed E-state index contributed by atoms with van der Waals surface area (Å²) in [5.74, 6) is 0.115. The van der Waals surface area contributed by atoms with Gasteiger partial charge in [-0.15, -0.1) is 0 Å². The van der Waals surface area contributed by atoms with Crippen LogP contribution in [-0.2, 0) is 11.3 Å². The first-order valence-corrected chi connectivity index (χ1v) is 7.54. The lowest BCUT2D eigenvalue weighted by atomic mass is 10.1. The second kappa shape index (κ2) is 6.26. The van der Waals surface area contributed by atoms with Crippen molar-refractivity contribution in [2.45, 2.75) is 25.8 Å². The van der Waals surface area contributed by atoms with Crippen molar-refractivity contribution in [1.29, 1.82) is 0 Å². The van der Waals surface area contributed by atoms with E-state index in [1.54, 1.807) is 13.3 Å². The normalized spacial score (nSPS) is 15.6. The molecule has 3 heterocycles. The number of likely N-dealkylation sites (tertiary alicyclic amines) is 1. The molecule has 0 unspecified atom stereocenters. The molecule has 0 atom stereocenters. The van der Waals surface area contributed by atoms with Gasteiger partial charge in [0, 0.05) is 32.9 Å². The number of carbonyl (C=O) groups is 1. The Bertz CT molecular complexity index is 629. The molecule has 0 radical (unpaired) electrons. The van der Waals surface area contributed by atoms with Gasteiger partial charge in [-0.1, -0.05) is 0 Å². The van der Waals surface area contributed by atoms with Crippen LogP contribution in [0.4, 0.5) is 0 Å². The topological polar surface area (TPSA) is 47.4 Å². The van der Waals surface area contributed by atoms with Crippen LogP contribution in [0.3, 0.4) is 0 Å². The van der Waals surface area contributed by atoms with Crippen molar-refractivity contribution in [3.05, 3.63) is 30.1 Å². The lowest BCUT2D eigenvalue weighted by molar-refractivity contribution is 0.0711. The van der Waals surface area contributed by atoms with Crippen molar-refractivity contribution < 1.29 is 9.53 Å². The summed E-state index contributed by atoms with van der Waals surface area (Å²) in [6.07, 6.45) is 5.18. The fourth-order valence-electron chi connectivity index (χ4n) is 2.95. The molecule has 0 saturated carbocycles. The summed E-state index contributed by atoms with van der Waals surface area (Å²) in [6.45, 7) is 2.97. The van der Waals surface area contributed by atoms with Crippen molar-refractivity contribution in [3.8, 4) is 0 Å². The van der Waals surface area contributed by atoms with Crippen LogP contribution in [0.1, 0.15) is 29.8 Å². The smallest absolute Gasteiger partial charge is 0.270 e. The Hall–Kier alpha value is -1.88. The number of fused-ring (bicyclic) bond motifs is 1. The van der Waals surface area contributed by atoms with Gasteiger partial charge in [0.1, 0.15) is 5.69 Å². The molecule has 3 rings (SSSR count). The summed E-state index contributed by atoms with van der Waals surface area (Å²) in [5.41, 5.74) is 2.59. The standard InChI is InChI=1S/C16H21N3O2/c1-21-11-10-19-14-6-5-7-17-13(14)12-15(19)16(20)18-8-3-2-4-9-18/h5-7,12H,2-4,8-11H2,1H3. The van der Waals surface area contributed by atoms with E-state index in [9.17, 15) is 4.79 Å². The van der Waals surface area contributed by atoms with E-state index in [1.165, 1.54) is 6.42 Å². The van der Waals surface area contributed by atoms with E-state index in [0.717, 1.165) is 42.7 Å². The number of hydrogen-bond acceptors (Lipinski definition) is 3. The molecule has 2 aromatic rings. The van der Waals surface area contributed by atoms with Crippen LogP contribution in [0.5, 0.6) is 0 Å². The van der Waals surface area contributed by atoms with Gasteiger partial charge >= 0.3 is 0 Å². The monoisotopic (exact) mass is 287 g/mol. The van der Waals surface area contributed by atoms with Crippen molar-refractivity contribution in [2.24, 2.45) is 0 Å². The van der Waals surface area contributed by atoms with Gasteiger partial charge in [0.25, 0.3) is 5.91 Å². The number of methoxy groups -OCH3 is 1. The number of piperidine rings is 1. The first kappa shape index (κ1) is 14.1. The van der Waals surface area contributed by atoms with Gasteiger partial charge in [-0.3, -0.25) is 9.78 Å². The molecule has 2 aromatic heterocycles. The Morgan fingerprint density at radius 2 is 2.14 bits per heavy atom. The fraction of sp³-hybridized carbons (Fsp3) is 0.500. The van der Waals surface area contributed by atoms with Crippen LogP contribution in [-0.4, -0.2) is 47.2 Å². The molecule has 1 fully saturated rings. The molecule has 0 spiro atoms. The second-order valence-electron chi connectivity index (χ2n) is 5.43. The molecule has 5 nitrogen and oxygen atoms in total. The van der Waals surface area contributed by atoms with E-state index in [0.29, 0.717) is 13.2 Å². The van der Waals surface area contributed by atoms with Crippen LogP contribution >= 0.6 is 0 Å².